The Morgan fingerprint density at radius 2 is 2.12 bits per heavy atom. The maximum Gasteiger partial charge on any atom is 0.150 e. The number of anilines is 2. The number of aromatic nitrogens is 2. The van der Waals surface area contributed by atoms with E-state index in [9.17, 15) is 5.11 Å². The van der Waals surface area contributed by atoms with Crippen molar-refractivity contribution in [1.82, 2.24) is 9.97 Å². The highest BCUT2D eigenvalue weighted by Crippen LogP contribution is 2.29. The summed E-state index contributed by atoms with van der Waals surface area (Å²) in [7, 11) is 0. The van der Waals surface area contributed by atoms with Crippen molar-refractivity contribution in [3.05, 3.63) is 40.8 Å². The second-order valence-corrected chi connectivity index (χ2v) is 4.13. The van der Waals surface area contributed by atoms with Crippen molar-refractivity contribution in [2.24, 2.45) is 0 Å². The van der Waals surface area contributed by atoms with Gasteiger partial charge in [0.05, 0.1) is 18.1 Å². The first-order chi connectivity index (χ1) is 7.66. The fourth-order valence-corrected chi connectivity index (χ4v) is 1.65. The molecule has 4 nitrogen and oxygen atoms in total. The Kier molecular flexibility index (Phi) is 3.05. The van der Waals surface area contributed by atoms with Gasteiger partial charge in [0.1, 0.15) is 16.2 Å². The van der Waals surface area contributed by atoms with Crippen molar-refractivity contribution >= 4 is 27.4 Å². The molecule has 0 fully saturated rings. The van der Waals surface area contributed by atoms with E-state index in [1.165, 1.54) is 0 Å². The summed E-state index contributed by atoms with van der Waals surface area (Å²) in [5, 5.41) is 12.7. The second-order valence-electron chi connectivity index (χ2n) is 3.32. The highest BCUT2D eigenvalue weighted by molar-refractivity contribution is 9.10. The van der Waals surface area contributed by atoms with Crippen LogP contribution in [0.1, 0.15) is 5.56 Å². The topological polar surface area (TPSA) is 58.0 Å². The quantitative estimate of drug-likeness (QED) is 0.830. The van der Waals surface area contributed by atoms with Crippen molar-refractivity contribution in [2.45, 2.75) is 6.92 Å². The zero-order valence-corrected chi connectivity index (χ0v) is 10.2. The number of benzene rings is 1. The fourth-order valence-electron chi connectivity index (χ4n) is 1.35. The third kappa shape index (κ3) is 2.30. The minimum absolute atomic E-state index is 0.196. The summed E-state index contributed by atoms with van der Waals surface area (Å²) >= 11 is 3.24. The molecule has 0 aliphatic heterocycles. The number of phenolic OH excluding ortho intramolecular Hbond substituents is 1. The Morgan fingerprint density at radius 1 is 1.31 bits per heavy atom. The first-order valence-corrected chi connectivity index (χ1v) is 5.49. The van der Waals surface area contributed by atoms with Crippen LogP contribution in [0.4, 0.5) is 11.5 Å². The molecule has 1 heterocycles. The van der Waals surface area contributed by atoms with E-state index < -0.39 is 0 Å². The van der Waals surface area contributed by atoms with Crippen molar-refractivity contribution in [3.8, 4) is 5.75 Å². The van der Waals surface area contributed by atoms with Crippen LogP contribution in [0.15, 0.2) is 35.2 Å². The van der Waals surface area contributed by atoms with E-state index in [0.29, 0.717) is 16.1 Å². The number of hydrogen-bond donors (Lipinski definition) is 2. The molecule has 2 aromatic rings. The van der Waals surface area contributed by atoms with Gasteiger partial charge >= 0.3 is 0 Å². The molecule has 0 unspecified atom stereocenters. The molecular formula is C11H10BrN3O. The van der Waals surface area contributed by atoms with Gasteiger partial charge in [-0.05, 0) is 34.5 Å². The molecule has 1 aromatic heterocycles. The van der Waals surface area contributed by atoms with Crippen LogP contribution in [-0.4, -0.2) is 15.1 Å². The lowest BCUT2D eigenvalue weighted by Gasteiger charge is -2.10. The summed E-state index contributed by atoms with van der Waals surface area (Å²) in [4.78, 5) is 8.17. The molecule has 2 N–H and O–H groups in total. The van der Waals surface area contributed by atoms with Crippen LogP contribution in [0.5, 0.6) is 5.75 Å². The number of nitrogens with one attached hydrogen (secondary N) is 1. The van der Waals surface area contributed by atoms with Crippen molar-refractivity contribution in [2.75, 3.05) is 5.32 Å². The lowest BCUT2D eigenvalue weighted by Crippen LogP contribution is -1.97. The molecule has 0 saturated carbocycles. The Bertz CT molecular complexity index is 496. The predicted molar refractivity (Wildman–Crippen MR) is 65.9 cm³/mol. The number of nitrogens with zero attached hydrogens (tertiary/aromatic N) is 2. The summed E-state index contributed by atoms with van der Waals surface area (Å²) in [6.07, 6.45) is 3.19. The number of hydrogen-bond acceptors (Lipinski definition) is 4. The highest BCUT2D eigenvalue weighted by atomic mass is 79.9. The molecule has 0 saturated heterocycles. The zero-order valence-electron chi connectivity index (χ0n) is 8.61. The van der Waals surface area contributed by atoms with Gasteiger partial charge in [-0.25, -0.2) is 4.98 Å². The van der Waals surface area contributed by atoms with E-state index >= 15 is 0 Å². The van der Waals surface area contributed by atoms with Crippen LogP contribution in [0.25, 0.3) is 0 Å². The van der Waals surface area contributed by atoms with Crippen LogP contribution in [0.3, 0.4) is 0 Å². The molecule has 0 amide bonds. The smallest absolute Gasteiger partial charge is 0.150 e. The van der Waals surface area contributed by atoms with Crippen molar-refractivity contribution < 1.29 is 5.11 Å². The van der Waals surface area contributed by atoms with Crippen LogP contribution < -0.4 is 5.32 Å². The number of aromatic hydroxyl groups is 1. The minimum atomic E-state index is 0.196. The predicted octanol–water partition coefficient (Wildman–Crippen LogP) is 3.00. The largest absolute Gasteiger partial charge is 0.506 e. The Balaban J connectivity index is 2.34. The van der Waals surface area contributed by atoms with Crippen LogP contribution in [0.2, 0.25) is 0 Å². The summed E-state index contributed by atoms with van der Waals surface area (Å²) in [6, 6.07) is 5.33. The third-order valence-corrected chi connectivity index (χ3v) is 2.49. The molecule has 0 spiro atoms. The van der Waals surface area contributed by atoms with Gasteiger partial charge in [0.2, 0.25) is 0 Å². The normalized spacial score (nSPS) is 10.1. The minimum Gasteiger partial charge on any atom is -0.506 e. The third-order valence-electron chi connectivity index (χ3n) is 2.11. The van der Waals surface area contributed by atoms with Gasteiger partial charge in [-0.2, -0.15) is 0 Å². The maximum absolute atomic E-state index is 9.70. The molecular weight excluding hydrogens is 270 g/mol. The maximum atomic E-state index is 9.70. The average molecular weight is 280 g/mol. The number of aryl methyl sites for hydroxylation is 1. The summed E-state index contributed by atoms with van der Waals surface area (Å²) in [5.74, 6) is 0.778. The monoisotopic (exact) mass is 279 g/mol. The van der Waals surface area contributed by atoms with Crippen LogP contribution in [-0.2, 0) is 0 Å². The van der Waals surface area contributed by atoms with Gasteiger partial charge in [-0.15, -0.1) is 0 Å². The van der Waals surface area contributed by atoms with Gasteiger partial charge < -0.3 is 10.4 Å². The molecule has 5 heteroatoms. The molecule has 0 atom stereocenters. The van der Waals surface area contributed by atoms with E-state index in [2.05, 4.69) is 31.2 Å². The van der Waals surface area contributed by atoms with Crippen LogP contribution >= 0.6 is 15.9 Å². The molecule has 2 rings (SSSR count). The summed E-state index contributed by atoms with van der Waals surface area (Å²) in [6.45, 7) is 1.91. The first kappa shape index (κ1) is 10.9. The lowest BCUT2D eigenvalue weighted by atomic mass is 10.2. The molecule has 0 radical (unpaired) electrons. The van der Waals surface area contributed by atoms with E-state index in [0.717, 1.165) is 5.56 Å². The van der Waals surface area contributed by atoms with Gasteiger partial charge in [-0.3, -0.25) is 4.98 Å². The van der Waals surface area contributed by atoms with E-state index in [4.69, 9.17) is 0 Å². The van der Waals surface area contributed by atoms with E-state index in [1.807, 2.05) is 13.0 Å². The Morgan fingerprint density at radius 3 is 2.81 bits per heavy atom. The first-order valence-electron chi connectivity index (χ1n) is 4.70. The van der Waals surface area contributed by atoms with Gasteiger partial charge in [0.15, 0.2) is 0 Å². The number of rotatable bonds is 2. The van der Waals surface area contributed by atoms with Gasteiger partial charge in [-0.1, -0.05) is 12.1 Å². The number of halogens is 1. The molecule has 0 bridgehead atoms. The average Bonchev–Trinajstić information content (AvgIpc) is 2.24. The fraction of sp³-hybridized carbons (Fsp3) is 0.0909. The van der Waals surface area contributed by atoms with E-state index in [1.54, 1.807) is 24.5 Å². The summed E-state index contributed by atoms with van der Waals surface area (Å²) in [5.41, 5.74) is 1.59. The molecule has 0 aliphatic rings. The van der Waals surface area contributed by atoms with Gasteiger partial charge in [0.25, 0.3) is 0 Å². The molecule has 0 aliphatic carbocycles. The number of para-hydroxylation sites is 1. The molecule has 1 aromatic carbocycles. The highest BCUT2D eigenvalue weighted by Gasteiger charge is 2.05. The standard InChI is InChI=1S/C11H10BrN3O/c1-7-3-2-4-8(16)11(7)15-10-6-13-5-9(12)14-10/h2-6,16H,1H3,(H,14,15). The summed E-state index contributed by atoms with van der Waals surface area (Å²) < 4.78 is 0.644. The molecule has 16 heavy (non-hydrogen) atoms. The van der Waals surface area contributed by atoms with E-state index in [-0.39, 0.29) is 5.75 Å². The Labute approximate surface area is 102 Å². The van der Waals surface area contributed by atoms with Crippen LogP contribution in [0, 0.1) is 6.92 Å². The Hall–Kier alpha value is -1.62. The number of phenols is 1. The zero-order chi connectivity index (χ0) is 11.5. The SMILES string of the molecule is Cc1cccc(O)c1Nc1cncc(Br)n1. The lowest BCUT2D eigenvalue weighted by molar-refractivity contribution is 0.477. The molecule has 82 valence electrons. The van der Waals surface area contributed by atoms with Crippen molar-refractivity contribution in [1.29, 1.82) is 0 Å². The second kappa shape index (κ2) is 4.49. The van der Waals surface area contributed by atoms with Crippen molar-refractivity contribution in [3.63, 3.8) is 0 Å². The van der Waals surface area contributed by atoms with Gasteiger partial charge in [0, 0.05) is 0 Å².